The van der Waals surface area contributed by atoms with E-state index in [1.165, 1.54) is 0 Å². The largest absolute Gasteiger partial charge is 0.481 e. The standard InChI is InChI=1S/C11H18N2O2/c1-7-9(8(2)13(5)12-7)6-11(3,4)10(14)15/h6H2,1-5H3,(H,14,15). The molecule has 0 spiro atoms. The molecule has 15 heavy (non-hydrogen) atoms. The molecule has 84 valence electrons. The Morgan fingerprint density at radius 2 is 2.00 bits per heavy atom. The van der Waals surface area contributed by atoms with Gasteiger partial charge in [-0.2, -0.15) is 5.10 Å². The minimum Gasteiger partial charge on any atom is -0.481 e. The molecule has 0 bridgehead atoms. The van der Waals surface area contributed by atoms with Crippen molar-refractivity contribution in [2.75, 3.05) is 0 Å². The lowest BCUT2D eigenvalue weighted by atomic mass is 9.85. The molecule has 1 aromatic rings. The summed E-state index contributed by atoms with van der Waals surface area (Å²) >= 11 is 0. The van der Waals surface area contributed by atoms with Crippen LogP contribution in [-0.4, -0.2) is 20.9 Å². The van der Waals surface area contributed by atoms with Crippen LogP contribution in [0.15, 0.2) is 0 Å². The summed E-state index contributed by atoms with van der Waals surface area (Å²) in [6.07, 6.45) is 0.522. The van der Waals surface area contributed by atoms with Crippen molar-refractivity contribution in [3.05, 3.63) is 17.0 Å². The first kappa shape index (κ1) is 11.8. The maximum Gasteiger partial charge on any atom is 0.309 e. The fourth-order valence-corrected chi connectivity index (χ4v) is 1.59. The highest BCUT2D eigenvalue weighted by atomic mass is 16.4. The number of aromatic nitrogens is 2. The Morgan fingerprint density at radius 1 is 1.47 bits per heavy atom. The highest BCUT2D eigenvalue weighted by Crippen LogP contribution is 2.25. The third-order valence-electron chi connectivity index (χ3n) is 2.86. The lowest BCUT2D eigenvalue weighted by Gasteiger charge is -2.19. The molecule has 0 amide bonds. The molecule has 1 N–H and O–H groups in total. The third kappa shape index (κ3) is 2.19. The average molecular weight is 210 g/mol. The maximum absolute atomic E-state index is 11.0. The van der Waals surface area contributed by atoms with Gasteiger partial charge in [-0.3, -0.25) is 9.48 Å². The smallest absolute Gasteiger partial charge is 0.309 e. The van der Waals surface area contributed by atoms with E-state index in [2.05, 4.69) is 5.10 Å². The number of nitrogens with zero attached hydrogens (tertiary/aromatic N) is 2. The summed E-state index contributed by atoms with van der Waals surface area (Å²) in [5, 5.41) is 13.3. The normalized spacial score (nSPS) is 11.8. The van der Waals surface area contributed by atoms with Crippen molar-refractivity contribution < 1.29 is 9.90 Å². The Hall–Kier alpha value is -1.32. The van der Waals surface area contributed by atoms with Crippen molar-refractivity contribution in [3.63, 3.8) is 0 Å². The van der Waals surface area contributed by atoms with Crippen LogP contribution >= 0.6 is 0 Å². The van der Waals surface area contributed by atoms with Gasteiger partial charge in [0.15, 0.2) is 0 Å². The lowest BCUT2D eigenvalue weighted by Crippen LogP contribution is -2.26. The summed E-state index contributed by atoms with van der Waals surface area (Å²) < 4.78 is 1.79. The SMILES string of the molecule is Cc1nn(C)c(C)c1CC(C)(C)C(=O)O. The molecule has 0 fully saturated rings. The topological polar surface area (TPSA) is 55.1 Å². The van der Waals surface area contributed by atoms with E-state index in [4.69, 9.17) is 5.11 Å². The second kappa shape index (κ2) is 3.68. The number of aliphatic carboxylic acids is 1. The Bertz CT molecular complexity index is 392. The van der Waals surface area contributed by atoms with Crippen LogP contribution in [0.25, 0.3) is 0 Å². The molecule has 0 aromatic carbocycles. The molecule has 4 nitrogen and oxygen atoms in total. The number of hydrogen-bond acceptors (Lipinski definition) is 2. The second-order valence-corrected chi connectivity index (χ2v) is 4.64. The van der Waals surface area contributed by atoms with E-state index < -0.39 is 11.4 Å². The summed E-state index contributed by atoms with van der Waals surface area (Å²) in [6.45, 7) is 7.36. The highest BCUT2D eigenvalue weighted by molar-refractivity contribution is 5.74. The molecule has 1 rings (SSSR count). The Kier molecular flexibility index (Phi) is 2.88. The maximum atomic E-state index is 11.0. The van der Waals surface area contributed by atoms with Gasteiger partial charge in [0.05, 0.1) is 11.1 Å². The first-order chi connectivity index (χ1) is 6.75. The molecule has 0 atom stereocenters. The summed E-state index contributed by atoms with van der Waals surface area (Å²) in [5.74, 6) is -0.773. The predicted octanol–water partition coefficient (Wildman–Crippen LogP) is 1.69. The summed E-state index contributed by atoms with van der Waals surface area (Å²) in [4.78, 5) is 11.0. The van der Waals surface area contributed by atoms with Gasteiger partial charge >= 0.3 is 5.97 Å². The van der Waals surface area contributed by atoms with Gasteiger partial charge < -0.3 is 5.11 Å². The first-order valence-corrected chi connectivity index (χ1v) is 4.98. The fourth-order valence-electron chi connectivity index (χ4n) is 1.59. The Labute approximate surface area is 89.9 Å². The van der Waals surface area contributed by atoms with E-state index in [1.807, 2.05) is 20.9 Å². The third-order valence-corrected chi connectivity index (χ3v) is 2.86. The molecule has 4 heteroatoms. The minimum atomic E-state index is -0.773. The number of rotatable bonds is 3. The van der Waals surface area contributed by atoms with Gasteiger partial charge in [-0.05, 0) is 39.7 Å². The van der Waals surface area contributed by atoms with E-state index in [-0.39, 0.29) is 0 Å². The van der Waals surface area contributed by atoms with Crippen molar-refractivity contribution in [2.24, 2.45) is 12.5 Å². The van der Waals surface area contributed by atoms with E-state index in [0.717, 1.165) is 17.0 Å². The zero-order valence-corrected chi connectivity index (χ0v) is 9.96. The van der Waals surface area contributed by atoms with Gasteiger partial charge in [0, 0.05) is 12.7 Å². The van der Waals surface area contributed by atoms with Crippen LogP contribution in [0.4, 0.5) is 0 Å². The molecular weight excluding hydrogens is 192 g/mol. The average Bonchev–Trinajstić information content (AvgIpc) is 2.32. The number of hydrogen-bond donors (Lipinski definition) is 1. The van der Waals surface area contributed by atoms with Gasteiger partial charge in [0.2, 0.25) is 0 Å². The molecule has 1 aromatic heterocycles. The molecule has 0 aliphatic carbocycles. The van der Waals surface area contributed by atoms with Crippen molar-refractivity contribution in [2.45, 2.75) is 34.1 Å². The molecule has 1 heterocycles. The van der Waals surface area contributed by atoms with Crippen LogP contribution in [0.1, 0.15) is 30.8 Å². The van der Waals surface area contributed by atoms with Crippen LogP contribution in [0.2, 0.25) is 0 Å². The monoisotopic (exact) mass is 210 g/mol. The van der Waals surface area contributed by atoms with Crippen molar-refractivity contribution >= 4 is 5.97 Å². The van der Waals surface area contributed by atoms with Gasteiger partial charge in [-0.25, -0.2) is 0 Å². The summed E-state index contributed by atoms with van der Waals surface area (Å²) in [5.41, 5.74) is 2.27. The molecule has 0 unspecified atom stereocenters. The van der Waals surface area contributed by atoms with Gasteiger partial charge in [-0.1, -0.05) is 0 Å². The van der Waals surface area contributed by atoms with Crippen molar-refractivity contribution in [3.8, 4) is 0 Å². The predicted molar refractivity (Wildman–Crippen MR) is 57.8 cm³/mol. The van der Waals surface area contributed by atoms with Crippen molar-refractivity contribution in [1.29, 1.82) is 0 Å². The second-order valence-electron chi connectivity index (χ2n) is 4.64. The highest BCUT2D eigenvalue weighted by Gasteiger charge is 2.29. The molecule has 0 aliphatic heterocycles. The zero-order chi connectivity index (χ0) is 11.8. The van der Waals surface area contributed by atoms with Crippen LogP contribution in [-0.2, 0) is 18.3 Å². The van der Waals surface area contributed by atoms with E-state index in [1.54, 1.807) is 18.5 Å². The number of aryl methyl sites for hydroxylation is 2. The summed E-state index contributed by atoms with van der Waals surface area (Å²) in [6, 6.07) is 0. The van der Waals surface area contributed by atoms with E-state index >= 15 is 0 Å². The Morgan fingerprint density at radius 3 is 2.33 bits per heavy atom. The lowest BCUT2D eigenvalue weighted by molar-refractivity contribution is -0.146. The molecule has 0 saturated heterocycles. The zero-order valence-electron chi connectivity index (χ0n) is 9.96. The van der Waals surface area contributed by atoms with E-state index in [0.29, 0.717) is 6.42 Å². The summed E-state index contributed by atoms with van der Waals surface area (Å²) in [7, 11) is 1.87. The fraction of sp³-hybridized carbons (Fsp3) is 0.636. The van der Waals surface area contributed by atoms with Gasteiger partial charge in [0.1, 0.15) is 0 Å². The Balaban J connectivity index is 3.04. The van der Waals surface area contributed by atoms with Crippen LogP contribution in [0.5, 0.6) is 0 Å². The first-order valence-electron chi connectivity index (χ1n) is 4.98. The number of carboxylic acids is 1. The van der Waals surface area contributed by atoms with E-state index in [9.17, 15) is 4.79 Å². The van der Waals surface area contributed by atoms with Crippen molar-refractivity contribution in [1.82, 2.24) is 9.78 Å². The van der Waals surface area contributed by atoms with Gasteiger partial charge in [0.25, 0.3) is 0 Å². The van der Waals surface area contributed by atoms with Crippen LogP contribution in [0.3, 0.4) is 0 Å². The minimum absolute atomic E-state index is 0.522. The number of carbonyl (C=O) groups is 1. The molecule has 0 saturated carbocycles. The molecule has 0 aliphatic rings. The van der Waals surface area contributed by atoms with Crippen LogP contribution in [0, 0.1) is 19.3 Å². The molecular formula is C11H18N2O2. The number of carboxylic acid groups (broad SMARTS) is 1. The van der Waals surface area contributed by atoms with Crippen LogP contribution < -0.4 is 0 Å². The van der Waals surface area contributed by atoms with Gasteiger partial charge in [-0.15, -0.1) is 0 Å². The quantitative estimate of drug-likeness (QED) is 0.826. The molecule has 0 radical (unpaired) electrons.